The molecular weight excluding hydrogens is 374 g/mol. The monoisotopic (exact) mass is 401 g/mol. The lowest BCUT2D eigenvalue weighted by molar-refractivity contribution is -0.118. The van der Waals surface area contributed by atoms with Crippen molar-refractivity contribution in [3.8, 4) is 5.75 Å². The van der Waals surface area contributed by atoms with E-state index in [2.05, 4.69) is 19.2 Å². The van der Waals surface area contributed by atoms with Crippen LogP contribution in [0.4, 0.5) is 5.00 Å². The molecular formula is C22H27NO4S. The van der Waals surface area contributed by atoms with Crippen LogP contribution in [0.1, 0.15) is 65.9 Å². The molecule has 6 heteroatoms. The van der Waals surface area contributed by atoms with E-state index in [-0.39, 0.29) is 18.5 Å². The number of ether oxygens (including phenoxy) is 2. The highest BCUT2D eigenvalue weighted by molar-refractivity contribution is 7.17. The SMILES string of the molecule is CCOC(=O)c1c(NC(=O)COc2ccccc2C(C)CC)sc2c1CCC2. The number of esters is 1. The quantitative estimate of drug-likeness (QED) is 0.636. The zero-order chi connectivity index (χ0) is 20.1. The van der Waals surface area contributed by atoms with Gasteiger partial charge in [0.25, 0.3) is 5.91 Å². The highest BCUT2D eigenvalue weighted by Gasteiger charge is 2.28. The third-order valence-electron chi connectivity index (χ3n) is 5.07. The lowest BCUT2D eigenvalue weighted by Gasteiger charge is -2.15. The first-order valence-electron chi connectivity index (χ1n) is 9.88. The van der Waals surface area contributed by atoms with Crippen molar-refractivity contribution in [3.05, 3.63) is 45.8 Å². The molecule has 1 aliphatic rings. The van der Waals surface area contributed by atoms with Crippen LogP contribution in [0.3, 0.4) is 0 Å². The van der Waals surface area contributed by atoms with Gasteiger partial charge in [-0.25, -0.2) is 4.79 Å². The molecule has 1 amide bonds. The van der Waals surface area contributed by atoms with Crippen LogP contribution in [-0.4, -0.2) is 25.1 Å². The summed E-state index contributed by atoms with van der Waals surface area (Å²) in [6.07, 6.45) is 3.84. The van der Waals surface area contributed by atoms with Gasteiger partial charge >= 0.3 is 5.97 Å². The summed E-state index contributed by atoms with van der Waals surface area (Å²) in [6, 6.07) is 7.80. The molecule has 0 bridgehead atoms. The van der Waals surface area contributed by atoms with Gasteiger partial charge in [0.15, 0.2) is 6.61 Å². The fourth-order valence-corrected chi connectivity index (χ4v) is 4.75. The number of fused-ring (bicyclic) bond motifs is 1. The summed E-state index contributed by atoms with van der Waals surface area (Å²) in [5.41, 5.74) is 2.65. The number of aryl methyl sites for hydroxylation is 1. The Morgan fingerprint density at radius 3 is 2.75 bits per heavy atom. The van der Waals surface area contributed by atoms with E-state index in [9.17, 15) is 9.59 Å². The second-order valence-corrected chi connectivity index (χ2v) is 8.07. The molecule has 0 saturated heterocycles. The summed E-state index contributed by atoms with van der Waals surface area (Å²) in [5, 5.41) is 3.44. The predicted molar refractivity (Wildman–Crippen MR) is 112 cm³/mol. The molecule has 28 heavy (non-hydrogen) atoms. The number of hydrogen-bond acceptors (Lipinski definition) is 5. The zero-order valence-corrected chi connectivity index (χ0v) is 17.5. The fourth-order valence-electron chi connectivity index (χ4n) is 3.46. The Hall–Kier alpha value is -2.34. The van der Waals surface area contributed by atoms with E-state index >= 15 is 0 Å². The molecule has 0 saturated carbocycles. The van der Waals surface area contributed by atoms with Crippen molar-refractivity contribution in [2.45, 2.75) is 52.4 Å². The van der Waals surface area contributed by atoms with E-state index in [1.807, 2.05) is 24.3 Å². The summed E-state index contributed by atoms with van der Waals surface area (Å²) >= 11 is 1.48. The van der Waals surface area contributed by atoms with Crippen LogP contribution >= 0.6 is 11.3 Å². The maximum absolute atomic E-state index is 12.5. The van der Waals surface area contributed by atoms with Crippen LogP contribution in [-0.2, 0) is 22.4 Å². The van der Waals surface area contributed by atoms with Crippen molar-refractivity contribution < 1.29 is 19.1 Å². The maximum atomic E-state index is 12.5. The molecule has 1 unspecified atom stereocenters. The third kappa shape index (κ3) is 4.38. The molecule has 1 aliphatic carbocycles. The lowest BCUT2D eigenvalue weighted by Crippen LogP contribution is -2.21. The zero-order valence-electron chi connectivity index (χ0n) is 16.7. The highest BCUT2D eigenvalue weighted by Crippen LogP contribution is 2.39. The largest absolute Gasteiger partial charge is 0.483 e. The van der Waals surface area contributed by atoms with Crippen LogP contribution < -0.4 is 10.1 Å². The summed E-state index contributed by atoms with van der Waals surface area (Å²) in [5.74, 6) is 0.450. The molecule has 0 radical (unpaired) electrons. The summed E-state index contributed by atoms with van der Waals surface area (Å²) in [6.45, 7) is 6.26. The average molecular weight is 402 g/mol. The Kier molecular flexibility index (Phi) is 6.73. The normalized spacial score (nSPS) is 13.7. The van der Waals surface area contributed by atoms with Crippen molar-refractivity contribution in [2.75, 3.05) is 18.5 Å². The van der Waals surface area contributed by atoms with Gasteiger partial charge in [0, 0.05) is 4.88 Å². The molecule has 0 fully saturated rings. The number of carbonyl (C=O) groups is 2. The molecule has 0 spiro atoms. The topological polar surface area (TPSA) is 64.6 Å². The number of benzene rings is 1. The lowest BCUT2D eigenvalue weighted by atomic mass is 9.98. The number of anilines is 1. The number of rotatable bonds is 8. The number of nitrogens with one attached hydrogen (secondary N) is 1. The van der Waals surface area contributed by atoms with E-state index in [0.29, 0.717) is 23.1 Å². The molecule has 2 aromatic rings. The van der Waals surface area contributed by atoms with Gasteiger partial charge in [0.2, 0.25) is 0 Å². The Morgan fingerprint density at radius 2 is 2.00 bits per heavy atom. The first kappa shape index (κ1) is 20.4. The van der Waals surface area contributed by atoms with Crippen LogP contribution in [0.5, 0.6) is 5.75 Å². The van der Waals surface area contributed by atoms with Crippen molar-refractivity contribution in [3.63, 3.8) is 0 Å². The standard InChI is InChI=1S/C22H27NO4S/c1-4-14(3)15-9-6-7-11-17(15)27-13-19(24)23-21-20(22(25)26-5-2)16-10-8-12-18(16)28-21/h6-7,9,11,14H,4-5,8,10,12-13H2,1-3H3,(H,23,24). The second kappa shape index (κ2) is 9.24. The van der Waals surface area contributed by atoms with Gasteiger partial charge in [0.05, 0.1) is 12.2 Å². The van der Waals surface area contributed by atoms with E-state index in [1.165, 1.54) is 16.2 Å². The number of thiophene rings is 1. The van der Waals surface area contributed by atoms with Gasteiger partial charge in [-0.3, -0.25) is 4.79 Å². The smallest absolute Gasteiger partial charge is 0.341 e. The van der Waals surface area contributed by atoms with E-state index in [1.54, 1.807) is 6.92 Å². The van der Waals surface area contributed by atoms with Crippen molar-refractivity contribution in [1.82, 2.24) is 0 Å². The molecule has 1 aromatic carbocycles. The summed E-state index contributed by atoms with van der Waals surface area (Å²) < 4.78 is 11.0. The second-order valence-electron chi connectivity index (χ2n) is 6.97. The van der Waals surface area contributed by atoms with Gasteiger partial charge in [0.1, 0.15) is 10.8 Å². The molecule has 5 nitrogen and oxygen atoms in total. The highest BCUT2D eigenvalue weighted by atomic mass is 32.1. The fraction of sp³-hybridized carbons (Fsp3) is 0.455. The number of para-hydroxylation sites is 1. The average Bonchev–Trinajstić information content (AvgIpc) is 3.26. The molecule has 1 N–H and O–H groups in total. The number of hydrogen-bond donors (Lipinski definition) is 1. The van der Waals surface area contributed by atoms with Gasteiger partial charge < -0.3 is 14.8 Å². The van der Waals surface area contributed by atoms with E-state index in [4.69, 9.17) is 9.47 Å². The molecule has 1 heterocycles. The molecule has 0 aliphatic heterocycles. The summed E-state index contributed by atoms with van der Waals surface area (Å²) in [7, 11) is 0. The van der Waals surface area contributed by atoms with Crippen LogP contribution in [0.2, 0.25) is 0 Å². The van der Waals surface area contributed by atoms with Gasteiger partial charge in [-0.1, -0.05) is 32.0 Å². The molecule has 1 atom stereocenters. The van der Waals surface area contributed by atoms with Crippen molar-refractivity contribution in [2.24, 2.45) is 0 Å². The minimum Gasteiger partial charge on any atom is -0.483 e. The maximum Gasteiger partial charge on any atom is 0.341 e. The number of amides is 1. The van der Waals surface area contributed by atoms with Crippen LogP contribution in [0.15, 0.2) is 24.3 Å². The van der Waals surface area contributed by atoms with Gasteiger partial charge in [-0.05, 0) is 55.7 Å². The van der Waals surface area contributed by atoms with Gasteiger partial charge in [-0.2, -0.15) is 0 Å². The molecule has 1 aromatic heterocycles. The first-order valence-corrected chi connectivity index (χ1v) is 10.7. The van der Waals surface area contributed by atoms with E-state index < -0.39 is 0 Å². The Balaban J connectivity index is 1.70. The minimum absolute atomic E-state index is 0.0989. The Labute approximate surface area is 170 Å². The molecule has 3 rings (SSSR count). The first-order chi connectivity index (χ1) is 13.5. The van der Waals surface area contributed by atoms with Crippen LogP contribution in [0, 0.1) is 0 Å². The molecule has 150 valence electrons. The Morgan fingerprint density at radius 1 is 1.21 bits per heavy atom. The van der Waals surface area contributed by atoms with Crippen molar-refractivity contribution in [1.29, 1.82) is 0 Å². The third-order valence-corrected chi connectivity index (χ3v) is 6.28. The number of carbonyl (C=O) groups excluding carboxylic acids is 2. The Bertz CT molecular complexity index is 858. The summed E-state index contributed by atoms with van der Waals surface area (Å²) in [4.78, 5) is 26.1. The minimum atomic E-state index is -0.361. The van der Waals surface area contributed by atoms with Crippen LogP contribution in [0.25, 0.3) is 0 Å². The predicted octanol–water partition coefficient (Wildman–Crippen LogP) is 4.94. The van der Waals surface area contributed by atoms with Gasteiger partial charge in [-0.15, -0.1) is 11.3 Å². The van der Waals surface area contributed by atoms with Crippen molar-refractivity contribution >= 4 is 28.2 Å². The van der Waals surface area contributed by atoms with E-state index in [0.717, 1.165) is 42.6 Å².